The number of ketones is 1. The number of allylic oxidation sites excluding steroid dienone is 6. The molecule has 0 aliphatic rings. The third kappa shape index (κ3) is 4.70. The van der Waals surface area contributed by atoms with Crippen molar-refractivity contribution < 1.29 is 4.79 Å². The van der Waals surface area contributed by atoms with Crippen LogP contribution in [-0.4, -0.2) is 15.1 Å². The second-order valence-electron chi connectivity index (χ2n) is 5.64. The van der Waals surface area contributed by atoms with Gasteiger partial charge in [-0.2, -0.15) is 0 Å². The number of rotatable bonds is 6. The van der Waals surface area contributed by atoms with Crippen molar-refractivity contribution in [3.63, 3.8) is 0 Å². The van der Waals surface area contributed by atoms with Crippen LogP contribution in [0.3, 0.4) is 0 Å². The van der Waals surface area contributed by atoms with Gasteiger partial charge in [0.05, 0.1) is 12.2 Å². The highest BCUT2D eigenvalue weighted by atomic mass is 35.5. The maximum atomic E-state index is 12.8. The van der Waals surface area contributed by atoms with E-state index in [4.69, 9.17) is 11.6 Å². The lowest BCUT2D eigenvalue weighted by atomic mass is 10.2. The average molecular weight is 357 g/mol. The first kappa shape index (κ1) is 18.7. The molecule has 1 aromatic heterocycles. The molecule has 0 fully saturated rings. The van der Waals surface area contributed by atoms with Gasteiger partial charge in [-0.15, -0.1) is 0 Å². The lowest BCUT2D eigenvalue weighted by Gasteiger charge is -2.12. The Kier molecular flexibility index (Phi) is 6.37. The third-order valence-corrected chi connectivity index (χ3v) is 3.72. The van der Waals surface area contributed by atoms with E-state index in [1.165, 1.54) is 11.6 Å². The number of carbonyl (C=O) groups excluding carboxylic acids is 1. The number of nitrogens with zero attached hydrogens (tertiary/aromatic N) is 2. The van der Waals surface area contributed by atoms with Crippen LogP contribution in [0.25, 0.3) is 5.70 Å². The van der Waals surface area contributed by atoms with Crippen LogP contribution in [0.5, 0.6) is 0 Å². The highest BCUT2D eigenvalue weighted by molar-refractivity contribution is 6.29. The van der Waals surface area contributed by atoms with E-state index in [0.29, 0.717) is 17.3 Å². The summed E-state index contributed by atoms with van der Waals surface area (Å²) in [6, 6.07) is 9.77. The van der Waals surface area contributed by atoms with E-state index in [0.717, 1.165) is 5.56 Å². The fraction of sp³-hybridized carbons (Fsp3) is 0.200. The second-order valence-corrected chi connectivity index (χ2v) is 6.24. The fourth-order valence-electron chi connectivity index (χ4n) is 2.45. The molecule has 0 amide bonds. The summed E-state index contributed by atoms with van der Waals surface area (Å²) in [6.07, 6.45) is 8.73. The molecule has 2 aromatic rings. The molecule has 0 saturated carbocycles. The smallest absolute Gasteiger partial charge is 0.282 e. The number of hydrogen-bond donors (Lipinski definition) is 0. The minimum absolute atomic E-state index is 0.165. The van der Waals surface area contributed by atoms with Gasteiger partial charge in [0.25, 0.3) is 5.56 Å². The molecule has 0 saturated heterocycles. The van der Waals surface area contributed by atoms with Crippen LogP contribution in [0.1, 0.15) is 36.7 Å². The quantitative estimate of drug-likeness (QED) is 0.566. The van der Waals surface area contributed by atoms with Crippen LogP contribution in [0, 0.1) is 0 Å². The highest BCUT2D eigenvalue weighted by Gasteiger charge is 2.16. The predicted molar refractivity (Wildman–Crippen MR) is 103 cm³/mol. The van der Waals surface area contributed by atoms with Gasteiger partial charge in [0.15, 0.2) is 5.78 Å². The molecular formula is C20H21ClN2O2. The van der Waals surface area contributed by atoms with Gasteiger partial charge >= 0.3 is 0 Å². The van der Waals surface area contributed by atoms with E-state index in [-0.39, 0.29) is 16.9 Å². The summed E-state index contributed by atoms with van der Waals surface area (Å²) in [4.78, 5) is 24.6. The summed E-state index contributed by atoms with van der Waals surface area (Å²) in [7, 11) is 0. The molecule has 0 spiro atoms. The predicted octanol–water partition coefficient (Wildman–Crippen LogP) is 4.46. The van der Waals surface area contributed by atoms with Gasteiger partial charge in [-0.3, -0.25) is 14.3 Å². The number of carbonyl (C=O) groups is 1. The van der Waals surface area contributed by atoms with E-state index in [1.807, 2.05) is 49.4 Å². The van der Waals surface area contributed by atoms with Crippen LogP contribution < -0.4 is 5.56 Å². The summed E-state index contributed by atoms with van der Waals surface area (Å²) in [6.45, 7) is 5.50. The summed E-state index contributed by atoms with van der Waals surface area (Å²) < 4.78 is 3.25. The number of Topliss-reactive ketones (excluding diaryl/α,β-unsaturated/α-hetero) is 1. The Morgan fingerprint density at radius 1 is 1.16 bits per heavy atom. The Labute approximate surface area is 152 Å². The summed E-state index contributed by atoms with van der Waals surface area (Å²) >= 11 is 5.92. The number of aromatic nitrogens is 2. The Bertz CT molecular complexity index is 896. The zero-order valence-electron chi connectivity index (χ0n) is 14.6. The Hall–Kier alpha value is -2.59. The van der Waals surface area contributed by atoms with Gasteiger partial charge < -0.3 is 0 Å². The molecular weight excluding hydrogens is 336 g/mol. The van der Waals surface area contributed by atoms with Gasteiger partial charge in [0.1, 0.15) is 5.56 Å². The molecule has 0 unspecified atom stereocenters. The second kappa shape index (κ2) is 8.49. The van der Waals surface area contributed by atoms with Gasteiger partial charge in [0, 0.05) is 11.2 Å². The van der Waals surface area contributed by atoms with E-state index in [9.17, 15) is 9.59 Å². The molecule has 5 heteroatoms. The first-order valence-corrected chi connectivity index (χ1v) is 8.36. The van der Waals surface area contributed by atoms with Crippen LogP contribution in [0.15, 0.2) is 70.7 Å². The van der Waals surface area contributed by atoms with Crippen LogP contribution in [0.2, 0.25) is 0 Å². The topological polar surface area (TPSA) is 44.0 Å². The molecule has 1 heterocycles. The van der Waals surface area contributed by atoms with Crippen molar-refractivity contribution in [3.05, 3.63) is 87.3 Å². The SMILES string of the molecule is C\C=C/C(=C\C=C(/C)Cl)n1c(=O)c(C(C)=O)cn1Cc1ccccc1. The average Bonchev–Trinajstić information content (AvgIpc) is 2.89. The van der Waals surface area contributed by atoms with Crippen molar-refractivity contribution in [3.8, 4) is 0 Å². The van der Waals surface area contributed by atoms with Crippen LogP contribution in [0.4, 0.5) is 0 Å². The Balaban J connectivity index is 2.65. The van der Waals surface area contributed by atoms with Crippen molar-refractivity contribution in [2.24, 2.45) is 0 Å². The van der Waals surface area contributed by atoms with E-state index >= 15 is 0 Å². The maximum Gasteiger partial charge on any atom is 0.282 e. The van der Waals surface area contributed by atoms with Gasteiger partial charge in [-0.05, 0) is 44.6 Å². The molecule has 0 radical (unpaired) electrons. The van der Waals surface area contributed by atoms with Crippen LogP contribution in [-0.2, 0) is 6.54 Å². The van der Waals surface area contributed by atoms with Gasteiger partial charge in [0.2, 0.25) is 0 Å². The largest absolute Gasteiger partial charge is 0.294 e. The van der Waals surface area contributed by atoms with Crippen molar-refractivity contribution in [1.29, 1.82) is 0 Å². The number of halogens is 1. The van der Waals surface area contributed by atoms with Crippen molar-refractivity contribution in [2.45, 2.75) is 27.3 Å². The molecule has 0 atom stereocenters. The fourth-order valence-corrected chi connectivity index (χ4v) is 2.52. The molecule has 130 valence electrons. The van der Waals surface area contributed by atoms with Crippen LogP contribution >= 0.6 is 11.6 Å². The first-order chi connectivity index (χ1) is 11.9. The minimum atomic E-state index is -0.339. The number of hydrogen-bond acceptors (Lipinski definition) is 2. The third-order valence-electron chi connectivity index (χ3n) is 3.59. The molecule has 0 N–H and O–H groups in total. The molecule has 0 aliphatic carbocycles. The maximum absolute atomic E-state index is 12.8. The standard InChI is InChI=1S/C20H21ClN2O2/c1-4-8-18(12-11-15(2)21)23-20(25)19(16(3)24)14-22(23)13-17-9-6-5-7-10-17/h4-12,14H,13H2,1-3H3/b8-4-,15-11+,18-12+. The molecule has 0 aliphatic heterocycles. The lowest BCUT2D eigenvalue weighted by molar-refractivity contribution is 0.101. The zero-order valence-corrected chi connectivity index (χ0v) is 15.3. The van der Waals surface area contributed by atoms with Crippen molar-refractivity contribution in [1.82, 2.24) is 9.36 Å². The Morgan fingerprint density at radius 2 is 1.84 bits per heavy atom. The van der Waals surface area contributed by atoms with E-state index < -0.39 is 0 Å². The molecule has 0 bridgehead atoms. The molecule has 4 nitrogen and oxygen atoms in total. The Morgan fingerprint density at radius 3 is 2.40 bits per heavy atom. The van der Waals surface area contributed by atoms with E-state index in [2.05, 4.69) is 0 Å². The molecule has 2 rings (SSSR count). The summed E-state index contributed by atoms with van der Waals surface area (Å²) in [5.41, 5.74) is 1.49. The summed E-state index contributed by atoms with van der Waals surface area (Å²) in [5.74, 6) is -0.255. The highest BCUT2D eigenvalue weighted by Crippen LogP contribution is 2.12. The van der Waals surface area contributed by atoms with Crippen molar-refractivity contribution in [2.75, 3.05) is 0 Å². The van der Waals surface area contributed by atoms with Crippen molar-refractivity contribution >= 4 is 23.1 Å². The molecule has 1 aromatic carbocycles. The monoisotopic (exact) mass is 356 g/mol. The molecule has 25 heavy (non-hydrogen) atoms. The van der Waals surface area contributed by atoms with Gasteiger partial charge in [-0.25, -0.2) is 4.68 Å². The zero-order chi connectivity index (χ0) is 18.4. The van der Waals surface area contributed by atoms with Gasteiger partial charge in [-0.1, -0.05) is 48.0 Å². The van der Waals surface area contributed by atoms with E-state index in [1.54, 1.807) is 30.0 Å². The lowest BCUT2D eigenvalue weighted by Crippen LogP contribution is -2.24. The first-order valence-electron chi connectivity index (χ1n) is 7.98. The summed E-state index contributed by atoms with van der Waals surface area (Å²) in [5, 5.41) is 0.600. The number of benzene rings is 1. The normalized spacial score (nSPS) is 12.8. The minimum Gasteiger partial charge on any atom is -0.294 e.